The van der Waals surface area contributed by atoms with Crippen LogP contribution >= 0.6 is 0 Å². The first-order valence-corrected chi connectivity index (χ1v) is 17.7. The van der Waals surface area contributed by atoms with E-state index in [1.54, 1.807) is 14.2 Å². The highest BCUT2D eigenvalue weighted by atomic mass is 16.5. The normalized spacial score (nSPS) is 23.1. The Bertz CT molecular complexity index is 2290. The number of ether oxygens (including phenoxy) is 2. The van der Waals surface area contributed by atoms with Gasteiger partial charge < -0.3 is 9.47 Å². The summed E-state index contributed by atoms with van der Waals surface area (Å²) in [6.45, 7) is 0. The highest BCUT2D eigenvalue weighted by Gasteiger charge is 2.82. The molecule has 0 aromatic heterocycles. The molecule has 6 nitrogen and oxygen atoms in total. The number of methoxy groups -OCH3 is 2. The molecule has 1 heterocycles. The van der Waals surface area contributed by atoms with E-state index < -0.39 is 34.5 Å². The maximum absolute atomic E-state index is 16.2. The molecule has 0 radical (unpaired) electrons. The Morgan fingerprint density at radius 1 is 0.453 bits per heavy atom. The quantitative estimate of drug-likeness (QED) is 0.150. The Labute approximate surface area is 307 Å². The van der Waals surface area contributed by atoms with E-state index in [0.717, 1.165) is 22.3 Å². The Morgan fingerprint density at radius 2 is 0.849 bits per heavy atom. The molecule has 2 fully saturated rings. The van der Waals surface area contributed by atoms with Crippen LogP contribution in [-0.2, 0) is 25.2 Å². The van der Waals surface area contributed by atoms with Gasteiger partial charge in [-0.05, 0) is 69.3 Å². The predicted octanol–water partition coefficient (Wildman–Crippen LogP) is 8.56. The second-order valence-electron chi connectivity index (χ2n) is 13.7. The summed E-state index contributed by atoms with van der Waals surface area (Å²) < 4.78 is 11.1. The number of allylic oxidation sites excluding steroid dienone is 2. The molecule has 1 saturated carbocycles. The SMILES string of the molecule is COc1ccc(C2=C(c3ccc(OC)cc3)[C@@]3(c4ccccc4)C(=O)[C@@]2(c2ccccc2)[C@@H]2C(=O)N(c4ccccc4-c4ccccc4)C(=O)[C@@H]23)cc1. The molecule has 1 aliphatic heterocycles. The minimum Gasteiger partial charge on any atom is -0.497 e. The Kier molecular flexibility index (Phi) is 7.52. The Morgan fingerprint density at radius 3 is 1.28 bits per heavy atom. The Hall–Kier alpha value is -6.53. The zero-order chi connectivity index (χ0) is 36.3. The molecule has 4 atom stereocenters. The van der Waals surface area contributed by atoms with E-state index in [9.17, 15) is 0 Å². The fourth-order valence-electron chi connectivity index (χ4n) is 9.41. The minimum atomic E-state index is -1.52. The van der Waals surface area contributed by atoms with E-state index in [1.807, 2.05) is 164 Å². The second-order valence-corrected chi connectivity index (χ2v) is 13.7. The number of carbonyl (C=O) groups is 3. The molecule has 0 unspecified atom stereocenters. The fraction of sp³-hybridized carbons (Fsp3) is 0.128. The predicted molar refractivity (Wildman–Crippen MR) is 205 cm³/mol. The van der Waals surface area contributed by atoms with E-state index in [4.69, 9.17) is 9.47 Å². The lowest BCUT2D eigenvalue weighted by Crippen LogP contribution is -2.45. The maximum Gasteiger partial charge on any atom is 0.239 e. The summed E-state index contributed by atoms with van der Waals surface area (Å²) in [5.74, 6) is -1.70. The molecule has 1 saturated heterocycles. The number of rotatable bonds is 8. The molecule has 3 aliphatic rings. The van der Waals surface area contributed by atoms with Crippen LogP contribution in [0.2, 0.25) is 0 Å². The average molecular weight is 694 g/mol. The first kappa shape index (κ1) is 32.4. The van der Waals surface area contributed by atoms with Gasteiger partial charge in [0.25, 0.3) is 0 Å². The number of para-hydroxylation sites is 1. The number of amides is 2. The van der Waals surface area contributed by atoms with Crippen LogP contribution in [0.25, 0.3) is 22.3 Å². The lowest BCUT2D eigenvalue weighted by Gasteiger charge is -2.39. The van der Waals surface area contributed by atoms with Crippen LogP contribution in [0.3, 0.4) is 0 Å². The number of Topliss-reactive ketones (excluding diaryl/α,β-unsaturated/α-hetero) is 1. The second kappa shape index (κ2) is 12.3. The van der Waals surface area contributed by atoms with Crippen molar-refractivity contribution < 1.29 is 23.9 Å². The zero-order valence-electron chi connectivity index (χ0n) is 29.2. The largest absolute Gasteiger partial charge is 0.497 e. The first-order valence-electron chi connectivity index (χ1n) is 17.7. The number of hydrogen-bond acceptors (Lipinski definition) is 5. The van der Waals surface area contributed by atoms with Gasteiger partial charge in [-0.2, -0.15) is 0 Å². The third kappa shape index (κ3) is 4.35. The van der Waals surface area contributed by atoms with Crippen molar-refractivity contribution in [3.05, 3.63) is 186 Å². The smallest absolute Gasteiger partial charge is 0.239 e. The number of carbonyl (C=O) groups excluding carboxylic acids is 3. The lowest BCUT2D eigenvalue weighted by molar-refractivity contribution is -0.130. The van der Waals surface area contributed by atoms with Gasteiger partial charge in [-0.3, -0.25) is 14.4 Å². The van der Waals surface area contributed by atoms with Gasteiger partial charge in [0.2, 0.25) is 11.8 Å². The van der Waals surface area contributed by atoms with Gasteiger partial charge in [-0.25, -0.2) is 4.90 Å². The molecule has 2 aliphatic carbocycles. The minimum absolute atomic E-state index is 0.174. The maximum atomic E-state index is 16.2. The van der Waals surface area contributed by atoms with Crippen LogP contribution in [-0.4, -0.2) is 31.8 Å². The van der Waals surface area contributed by atoms with Gasteiger partial charge >= 0.3 is 0 Å². The Balaban J connectivity index is 1.41. The van der Waals surface area contributed by atoms with Crippen LogP contribution in [0.1, 0.15) is 22.3 Å². The summed E-state index contributed by atoms with van der Waals surface area (Å²) in [6.07, 6.45) is 0. The molecule has 2 amide bonds. The summed E-state index contributed by atoms with van der Waals surface area (Å²) in [6, 6.07) is 51.7. The number of fused-ring (bicyclic) bond motifs is 5. The van der Waals surface area contributed by atoms with Gasteiger partial charge in [-0.1, -0.05) is 133 Å². The van der Waals surface area contributed by atoms with E-state index in [1.165, 1.54) is 4.90 Å². The third-order valence-corrected chi connectivity index (χ3v) is 11.4. The highest BCUT2D eigenvalue weighted by Crippen LogP contribution is 2.74. The molecule has 258 valence electrons. The van der Waals surface area contributed by atoms with Crippen LogP contribution < -0.4 is 14.4 Å². The van der Waals surface area contributed by atoms with Gasteiger partial charge in [-0.15, -0.1) is 0 Å². The monoisotopic (exact) mass is 693 g/mol. The number of imide groups is 1. The molecule has 0 N–H and O–H groups in total. The van der Waals surface area contributed by atoms with Gasteiger partial charge in [0.15, 0.2) is 5.78 Å². The molecule has 9 rings (SSSR count). The number of benzene rings is 6. The molecule has 6 aromatic rings. The zero-order valence-corrected chi connectivity index (χ0v) is 29.2. The topological polar surface area (TPSA) is 72.9 Å². The lowest BCUT2D eigenvalue weighted by atomic mass is 9.59. The molecule has 53 heavy (non-hydrogen) atoms. The molecule has 6 aromatic carbocycles. The molecular weight excluding hydrogens is 659 g/mol. The van der Waals surface area contributed by atoms with E-state index >= 15 is 14.4 Å². The van der Waals surface area contributed by atoms with E-state index in [-0.39, 0.29) is 5.78 Å². The van der Waals surface area contributed by atoms with E-state index in [2.05, 4.69) is 0 Å². The van der Waals surface area contributed by atoms with Gasteiger partial charge in [0, 0.05) is 5.56 Å². The van der Waals surface area contributed by atoms with Gasteiger partial charge in [0.05, 0.1) is 42.6 Å². The van der Waals surface area contributed by atoms with E-state index in [0.29, 0.717) is 39.5 Å². The number of anilines is 1. The van der Waals surface area contributed by atoms with Crippen molar-refractivity contribution in [3.63, 3.8) is 0 Å². The average Bonchev–Trinajstić information content (AvgIpc) is 3.74. The van der Waals surface area contributed by atoms with Crippen molar-refractivity contribution in [1.29, 1.82) is 0 Å². The highest BCUT2D eigenvalue weighted by molar-refractivity contribution is 6.39. The first-order chi connectivity index (χ1) is 26.0. The third-order valence-electron chi connectivity index (χ3n) is 11.4. The number of hydrogen-bond donors (Lipinski definition) is 0. The van der Waals surface area contributed by atoms with Crippen LogP contribution in [0.4, 0.5) is 5.69 Å². The van der Waals surface area contributed by atoms with Crippen molar-refractivity contribution in [2.75, 3.05) is 19.1 Å². The van der Waals surface area contributed by atoms with Crippen molar-refractivity contribution in [1.82, 2.24) is 0 Å². The molecule has 2 bridgehead atoms. The van der Waals surface area contributed by atoms with Crippen LogP contribution in [0.15, 0.2) is 164 Å². The molecular formula is C47H35NO5. The summed E-state index contributed by atoms with van der Waals surface area (Å²) in [7, 11) is 3.23. The van der Waals surface area contributed by atoms with Crippen LogP contribution in [0.5, 0.6) is 11.5 Å². The molecule has 6 heteroatoms. The summed E-state index contributed by atoms with van der Waals surface area (Å²) in [5.41, 5.74) is 3.42. The van der Waals surface area contributed by atoms with Crippen molar-refractivity contribution in [2.45, 2.75) is 10.8 Å². The van der Waals surface area contributed by atoms with Crippen molar-refractivity contribution in [2.24, 2.45) is 11.8 Å². The van der Waals surface area contributed by atoms with Crippen molar-refractivity contribution >= 4 is 34.4 Å². The molecule has 0 spiro atoms. The van der Waals surface area contributed by atoms with Crippen molar-refractivity contribution in [3.8, 4) is 22.6 Å². The number of nitrogens with zero attached hydrogens (tertiary/aromatic N) is 1. The standard InChI is InChI=1S/C47H35NO5/c1-52-35-26-22-31(23-27-35)39-40(32-24-28-36(53-2)29-25-32)47(34-18-10-5-11-19-34)42-41(46(39,45(47)51)33-16-8-4-9-17-33)43(49)48(44(42)50)38-21-13-12-20-37(38)30-14-6-3-7-15-30/h3-29,41-42H,1-2H3/t41-,42+,46-,47-/m1/s1. The fourth-order valence-corrected chi connectivity index (χ4v) is 9.41. The summed E-state index contributed by atoms with van der Waals surface area (Å²) in [5, 5.41) is 0. The summed E-state index contributed by atoms with van der Waals surface area (Å²) in [4.78, 5) is 48.7. The van der Waals surface area contributed by atoms with Crippen LogP contribution in [0, 0.1) is 11.8 Å². The van der Waals surface area contributed by atoms with Gasteiger partial charge in [0.1, 0.15) is 11.5 Å². The number of ketones is 1. The summed E-state index contributed by atoms with van der Waals surface area (Å²) >= 11 is 0.